The normalized spacial score (nSPS) is 10.5. The molecule has 0 aromatic rings. The van der Waals surface area contributed by atoms with Crippen molar-refractivity contribution in [3.05, 3.63) is 20.2 Å². The first-order valence-electron chi connectivity index (χ1n) is 2.91. The van der Waals surface area contributed by atoms with Crippen LogP contribution in [0.1, 0.15) is 0 Å². The van der Waals surface area contributed by atoms with Crippen LogP contribution in [-0.2, 0) is 9.88 Å². The molecule has 0 fully saturated rings. The zero-order chi connectivity index (χ0) is 12.0. The fraction of sp³-hybridized carbons (Fsp3) is 0. The van der Waals surface area contributed by atoms with Gasteiger partial charge in [-0.2, -0.15) is 15.0 Å². The van der Waals surface area contributed by atoms with Crippen LogP contribution in [0.25, 0.3) is 0 Å². The molecule has 6 N–H and O–H groups in total. The van der Waals surface area contributed by atoms with Gasteiger partial charge in [0.05, 0.1) is 0 Å². The lowest BCUT2D eigenvalue weighted by Gasteiger charge is -2.15. The van der Waals surface area contributed by atoms with Crippen LogP contribution in [0.3, 0.4) is 0 Å². The molecular formula is CH6N8O6. The van der Waals surface area contributed by atoms with Crippen molar-refractivity contribution in [1.29, 1.82) is 0 Å². The Hall–Kier alpha value is -2.45. The molecule has 0 unspecified atom stereocenters. The molecule has 0 amide bonds. The summed E-state index contributed by atoms with van der Waals surface area (Å²) in [6.07, 6.45) is 0. The Morgan fingerprint density at radius 1 is 1.20 bits per heavy atom. The number of oxime groups is 1. The third kappa shape index (κ3) is 4.98. The molecule has 14 heteroatoms. The minimum atomic E-state index is -1.33. The molecule has 0 saturated carbocycles. The summed E-state index contributed by atoms with van der Waals surface area (Å²) in [6, 6.07) is 0. The van der Waals surface area contributed by atoms with Gasteiger partial charge in [0.15, 0.2) is 5.09 Å². The average Bonchev–Trinajstić information content (AvgIpc) is 2.01. The van der Waals surface area contributed by atoms with Crippen LogP contribution < -0.4 is 17.5 Å². The molecule has 14 nitrogen and oxygen atoms in total. The predicted octanol–water partition coefficient (Wildman–Crippen LogP) is -3.19. The molecule has 0 aliphatic rings. The largest absolute Gasteiger partial charge is 0.416 e. The summed E-state index contributed by atoms with van der Waals surface area (Å²) >= 11 is 0. The van der Waals surface area contributed by atoms with Crippen LogP contribution in [-0.4, -0.2) is 26.4 Å². The maximum Gasteiger partial charge on any atom is 0.416 e. The lowest BCUT2D eigenvalue weighted by Crippen LogP contribution is -2.55. The lowest BCUT2D eigenvalue weighted by atomic mass is 11.0. The smallest absolute Gasteiger partial charge is 0.228 e. The van der Waals surface area contributed by atoms with E-state index in [9.17, 15) is 20.2 Å². The fourth-order valence-electron chi connectivity index (χ4n) is 0.379. The standard InChI is InChI=1S/CH6N8O6/c2-6(3)1(5-14-8(10)11)7(4)15-9(12)13/h2-4H2/b5-1+. The van der Waals surface area contributed by atoms with E-state index in [0.717, 1.165) is 0 Å². The molecule has 0 radical (unpaired) electrons. The fourth-order valence-corrected chi connectivity index (χ4v) is 0.379. The van der Waals surface area contributed by atoms with E-state index >= 15 is 0 Å². The molecular weight excluding hydrogens is 220 g/mol. The Morgan fingerprint density at radius 3 is 2.07 bits per heavy atom. The van der Waals surface area contributed by atoms with Crippen molar-refractivity contribution in [2.45, 2.75) is 0 Å². The third-order valence-electron chi connectivity index (χ3n) is 0.772. The van der Waals surface area contributed by atoms with Crippen molar-refractivity contribution in [2.24, 2.45) is 22.7 Å². The second-order valence-corrected chi connectivity index (χ2v) is 1.73. The molecule has 0 aromatic carbocycles. The van der Waals surface area contributed by atoms with Gasteiger partial charge in [-0.3, -0.25) is 0 Å². The highest BCUT2D eigenvalue weighted by Crippen LogP contribution is 1.89. The number of hydrogen-bond donors (Lipinski definition) is 3. The molecule has 0 aliphatic carbocycles. The van der Waals surface area contributed by atoms with Gasteiger partial charge in [-0.05, 0) is 0 Å². The monoisotopic (exact) mass is 226 g/mol. The van der Waals surface area contributed by atoms with E-state index in [4.69, 9.17) is 17.5 Å². The van der Waals surface area contributed by atoms with Gasteiger partial charge in [-0.15, -0.1) is 10.1 Å². The van der Waals surface area contributed by atoms with Crippen molar-refractivity contribution >= 4 is 5.96 Å². The highest BCUT2D eigenvalue weighted by Gasteiger charge is 2.21. The van der Waals surface area contributed by atoms with E-state index < -0.39 is 16.1 Å². The summed E-state index contributed by atoms with van der Waals surface area (Å²) in [7, 11) is 0. The Morgan fingerprint density at radius 2 is 1.73 bits per heavy atom. The molecule has 0 aliphatic heterocycles. The van der Waals surface area contributed by atoms with Crippen LogP contribution in [0, 0.1) is 20.2 Å². The summed E-state index contributed by atoms with van der Waals surface area (Å²) in [6.45, 7) is 0. The van der Waals surface area contributed by atoms with Gasteiger partial charge in [0.2, 0.25) is 0 Å². The molecule has 0 heterocycles. The van der Waals surface area contributed by atoms with Gasteiger partial charge in [-0.1, -0.05) is 5.17 Å². The Kier molecular flexibility index (Phi) is 4.45. The number of hydroxylamine groups is 1. The van der Waals surface area contributed by atoms with E-state index in [1.165, 1.54) is 0 Å². The SMILES string of the molecule is NN(N)/C(=N\O[N+](=O)[O-])N(N)O[N+](=O)[O-]. The molecule has 86 valence electrons. The van der Waals surface area contributed by atoms with Crippen LogP contribution >= 0.6 is 0 Å². The maximum atomic E-state index is 9.81. The van der Waals surface area contributed by atoms with Crippen molar-refractivity contribution in [1.82, 2.24) is 10.3 Å². The minimum absolute atomic E-state index is 0.104. The van der Waals surface area contributed by atoms with Crippen molar-refractivity contribution in [3.63, 3.8) is 0 Å². The quantitative estimate of drug-likeness (QED) is 0.143. The molecule has 0 atom stereocenters. The summed E-state index contributed by atoms with van der Waals surface area (Å²) in [5.41, 5.74) is 0. The highest BCUT2D eigenvalue weighted by atomic mass is 17.0. The van der Waals surface area contributed by atoms with Crippen molar-refractivity contribution < 1.29 is 20.0 Å². The van der Waals surface area contributed by atoms with E-state index in [0.29, 0.717) is 0 Å². The van der Waals surface area contributed by atoms with Crippen LogP contribution in [0.2, 0.25) is 0 Å². The first kappa shape index (κ1) is 12.6. The van der Waals surface area contributed by atoms with Crippen molar-refractivity contribution in [3.8, 4) is 0 Å². The molecule has 0 rings (SSSR count). The predicted molar refractivity (Wildman–Crippen MR) is 39.8 cm³/mol. The van der Waals surface area contributed by atoms with E-state index in [2.05, 4.69) is 15.0 Å². The number of nitrogens with zero attached hydrogens (tertiary/aromatic N) is 5. The first-order chi connectivity index (χ1) is 6.84. The maximum absolute atomic E-state index is 9.81. The van der Waals surface area contributed by atoms with Gasteiger partial charge in [-0.25, -0.2) is 27.6 Å². The zero-order valence-corrected chi connectivity index (χ0v) is 6.92. The second kappa shape index (κ2) is 5.32. The van der Waals surface area contributed by atoms with Crippen LogP contribution in [0.4, 0.5) is 0 Å². The van der Waals surface area contributed by atoms with Crippen LogP contribution in [0.15, 0.2) is 5.16 Å². The number of hydrazine groups is 3. The summed E-state index contributed by atoms with van der Waals surface area (Å²) in [5, 5.41) is 19.5. The Bertz CT molecular complexity index is 272. The summed E-state index contributed by atoms with van der Waals surface area (Å²) in [4.78, 5) is 26.6. The van der Waals surface area contributed by atoms with E-state index in [1.54, 1.807) is 0 Å². The van der Waals surface area contributed by atoms with E-state index in [-0.39, 0.29) is 10.3 Å². The van der Waals surface area contributed by atoms with Gasteiger partial charge >= 0.3 is 11.0 Å². The molecule has 0 spiro atoms. The first-order valence-corrected chi connectivity index (χ1v) is 2.91. The topological polar surface area (TPSA) is 202 Å². The number of guanidine groups is 1. The number of nitrogens with two attached hydrogens (primary N) is 3. The second-order valence-electron chi connectivity index (χ2n) is 1.73. The van der Waals surface area contributed by atoms with Crippen LogP contribution in [0.5, 0.6) is 0 Å². The van der Waals surface area contributed by atoms with Gasteiger partial charge in [0.25, 0.3) is 0 Å². The van der Waals surface area contributed by atoms with Gasteiger partial charge < -0.3 is 0 Å². The van der Waals surface area contributed by atoms with E-state index in [1.807, 2.05) is 0 Å². The lowest BCUT2D eigenvalue weighted by molar-refractivity contribution is -0.804. The molecule has 0 aromatic heterocycles. The molecule has 0 saturated heterocycles. The Labute approximate surface area is 80.4 Å². The third-order valence-corrected chi connectivity index (χ3v) is 0.772. The van der Waals surface area contributed by atoms with Gasteiger partial charge in [0.1, 0.15) is 5.16 Å². The minimum Gasteiger partial charge on any atom is -0.228 e. The molecule has 0 bridgehead atoms. The number of rotatable bonds is 4. The summed E-state index contributed by atoms with van der Waals surface area (Å²) < 4.78 is 0. The summed E-state index contributed by atoms with van der Waals surface area (Å²) in [5.74, 6) is 13.6. The number of hydrogen-bond acceptors (Lipinski definition) is 10. The molecule has 15 heavy (non-hydrogen) atoms. The highest BCUT2D eigenvalue weighted by molar-refractivity contribution is 5.76. The van der Waals surface area contributed by atoms with Crippen molar-refractivity contribution in [2.75, 3.05) is 0 Å². The Balaban J connectivity index is 4.57. The zero-order valence-electron chi connectivity index (χ0n) is 6.92. The van der Waals surface area contributed by atoms with Gasteiger partial charge in [0, 0.05) is 0 Å². The average molecular weight is 226 g/mol.